The Kier molecular flexibility index (Phi) is 7.27. The first-order valence-electron chi connectivity index (χ1n) is 15.6. The molecule has 1 amide bonds. The van der Waals surface area contributed by atoms with Gasteiger partial charge in [0, 0.05) is 37.8 Å². The third-order valence-corrected chi connectivity index (χ3v) is 13.7. The monoisotopic (exact) mass is 777 g/mol. The van der Waals surface area contributed by atoms with Gasteiger partial charge in [0.25, 0.3) is 5.91 Å². The molecule has 0 radical (unpaired) electrons. The second kappa shape index (κ2) is 11.9. The van der Waals surface area contributed by atoms with Gasteiger partial charge in [-0.3, -0.25) is 9.69 Å². The van der Waals surface area contributed by atoms with Crippen molar-refractivity contribution in [3.05, 3.63) is 78.4 Å². The molecule has 1 fully saturated rings. The van der Waals surface area contributed by atoms with E-state index in [-0.39, 0.29) is 12.5 Å². The molecule has 4 aromatic carbocycles. The Bertz CT molecular complexity index is 2970. The number of nitrogens with zero attached hydrogens (tertiary/aromatic N) is 7. The van der Waals surface area contributed by atoms with Gasteiger partial charge in [-0.1, -0.05) is 60.7 Å². The minimum absolute atomic E-state index is 0.164. The summed E-state index contributed by atoms with van der Waals surface area (Å²) in [5.41, 5.74) is 6.65. The summed E-state index contributed by atoms with van der Waals surface area (Å²) in [5.74, 6) is -0.217. The quantitative estimate of drug-likeness (QED) is 0.158. The van der Waals surface area contributed by atoms with E-state index in [1.54, 1.807) is 27.2 Å². The van der Waals surface area contributed by atoms with Crippen molar-refractivity contribution in [2.45, 2.75) is 13.5 Å². The average Bonchev–Trinajstić information content (AvgIpc) is 3.99. The van der Waals surface area contributed by atoms with Crippen LogP contribution < -0.4 is 0 Å². The first-order valence-corrected chi connectivity index (χ1v) is 19.9. The molecule has 248 valence electrons. The number of thioether (sulfide) groups is 1. The largest absolute Gasteiger partial charge is 0.444 e. The molecule has 0 atom stereocenters. The minimum Gasteiger partial charge on any atom is -0.444 e. The summed E-state index contributed by atoms with van der Waals surface area (Å²) < 4.78 is 30.0. The number of aromatic nitrogens is 5. The molecule has 1 aliphatic rings. The number of carbonyl (C=O) groups excluding carboxylic acids is 2. The summed E-state index contributed by atoms with van der Waals surface area (Å²) >= 11 is 12.1. The molecule has 51 heavy (non-hydrogen) atoms. The molecule has 0 spiro atoms. The van der Waals surface area contributed by atoms with Gasteiger partial charge in [-0.25, -0.2) is 14.4 Å². The SMILES string of the molecule is CCN1C(=O)/C(=N\c2cc3c(cc(-c4cc5c(s4)c4sc6ccccc6c4n5C(=O)OCc4ccccc4)c4nsnc43)c3nsnc23)SC1=S. The molecule has 0 unspecified atom stereocenters. The van der Waals surface area contributed by atoms with Crippen molar-refractivity contribution in [1.29, 1.82) is 0 Å². The summed E-state index contributed by atoms with van der Waals surface area (Å²) in [5, 5.41) is 2.98. The molecule has 0 N–H and O–H groups in total. The second-order valence-electron chi connectivity index (χ2n) is 11.6. The fourth-order valence-electron chi connectivity index (χ4n) is 6.49. The van der Waals surface area contributed by atoms with Crippen molar-refractivity contribution in [2.75, 3.05) is 6.54 Å². The van der Waals surface area contributed by atoms with Gasteiger partial charge in [0.05, 0.1) is 49.6 Å². The van der Waals surface area contributed by atoms with E-state index >= 15 is 0 Å². The fraction of sp³-hybridized carbons (Fsp3) is 0.0857. The van der Waals surface area contributed by atoms with Gasteiger partial charge in [-0.2, -0.15) is 17.5 Å². The van der Waals surface area contributed by atoms with Crippen molar-refractivity contribution in [3.63, 3.8) is 0 Å². The Labute approximate surface area is 313 Å². The lowest BCUT2D eigenvalue weighted by Crippen LogP contribution is -2.29. The number of ether oxygens (including phenoxy) is 1. The summed E-state index contributed by atoms with van der Waals surface area (Å²) in [6, 6.07) is 23.9. The van der Waals surface area contributed by atoms with E-state index in [0.717, 1.165) is 86.3 Å². The van der Waals surface area contributed by atoms with Crippen LogP contribution >= 0.6 is 70.1 Å². The molecule has 6 heterocycles. The molecule has 0 saturated carbocycles. The normalized spacial score (nSPS) is 14.6. The highest BCUT2D eigenvalue weighted by Gasteiger charge is 2.33. The van der Waals surface area contributed by atoms with Crippen LogP contribution in [0.1, 0.15) is 12.5 Å². The first kappa shape index (κ1) is 31.1. The maximum atomic E-state index is 14.0. The summed E-state index contributed by atoms with van der Waals surface area (Å²) in [6.07, 6.45) is -0.433. The van der Waals surface area contributed by atoms with Gasteiger partial charge in [0.2, 0.25) is 0 Å². The topological polar surface area (TPSA) is 115 Å². The Morgan fingerprint density at radius 1 is 0.843 bits per heavy atom. The van der Waals surface area contributed by atoms with Crippen LogP contribution in [0.3, 0.4) is 0 Å². The van der Waals surface area contributed by atoms with Gasteiger partial charge in [-0.05, 0) is 48.5 Å². The van der Waals surface area contributed by atoms with E-state index in [4.69, 9.17) is 30.7 Å². The molecule has 9 aromatic rings. The molecule has 1 saturated heterocycles. The number of amides is 1. The van der Waals surface area contributed by atoms with Crippen LogP contribution in [-0.2, 0) is 16.1 Å². The van der Waals surface area contributed by atoms with Crippen molar-refractivity contribution >= 4 is 161 Å². The smallest absolute Gasteiger partial charge is 0.419 e. The van der Waals surface area contributed by atoms with Crippen molar-refractivity contribution < 1.29 is 14.3 Å². The summed E-state index contributed by atoms with van der Waals surface area (Å²) in [6.45, 7) is 2.53. The average molecular weight is 778 g/mol. The maximum absolute atomic E-state index is 14.0. The van der Waals surface area contributed by atoms with Crippen molar-refractivity contribution in [1.82, 2.24) is 27.0 Å². The van der Waals surface area contributed by atoms with E-state index < -0.39 is 6.09 Å². The molecule has 16 heteroatoms. The van der Waals surface area contributed by atoms with E-state index in [1.165, 1.54) is 16.7 Å². The highest BCUT2D eigenvalue weighted by atomic mass is 32.2. The molecule has 10 nitrogen and oxygen atoms in total. The maximum Gasteiger partial charge on any atom is 0.419 e. The standard InChI is InChI=1S/C35H19N7O3S6/c1-2-41-33(43)32(49-35(41)46)36-21-13-19-18(26-28(21)40-51-38-26)12-20(27-25(19)37-50-39-27)24-14-22-30(48-24)31-29(17-10-6-7-11-23(17)47-31)42(22)34(44)45-15-16-8-4-3-5-9-16/h3-14H,2,15H2,1H3/b36-32+. The van der Waals surface area contributed by atoms with Crippen LogP contribution in [0.5, 0.6) is 0 Å². The van der Waals surface area contributed by atoms with E-state index in [9.17, 15) is 9.59 Å². The van der Waals surface area contributed by atoms with Gasteiger partial charge >= 0.3 is 6.09 Å². The Morgan fingerprint density at radius 3 is 2.37 bits per heavy atom. The summed E-state index contributed by atoms with van der Waals surface area (Å²) in [4.78, 5) is 34.2. The van der Waals surface area contributed by atoms with Gasteiger partial charge in [0.1, 0.15) is 33.0 Å². The number of hydrogen-bond donors (Lipinski definition) is 0. The van der Waals surface area contributed by atoms with Crippen LogP contribution in [0.25, 0.3) is 73.8 Å². The predicted molar refractivity (Wildman–Crippen MR) is 214 cm³/mol. The predicted octanol–water partition coefficient (Wildman–Crippen LogP) is 10.00. The highest BCUT2D eigenvalue weighted by molar-refractivity contribution is 8.35. The van der Waals surface area contributed by atoms with Gasteiger partial charge in [-0.15, -0.1) is 22.7 Å². The van der Waals surface area contributed by atoms with E-state index in [1.807, 2.05) is 61.5 Å². The Hall–Kier alpha value is -4.71. The first-order chi connectivity index (χ1) is 25.0. The van der Waals surface area contributed by atoms with Crippen LogP contribution in [0.15, 0.2) is 77.8 Å². The van der Waals surface area contributed by atoms with Crippen LogP contribution in [0.2, 0.25) is 0 Å². The van der Waals surface area contributed by atoms with Crippen molar-refractivity contribution in [2.24, 2.45) is 4.99 Å². The third-order valence-electron chi connectivity index (χ3n) is 8.82. The molecular formula is C35H19N7O3S6. The van der Waals surface area contributed by atoms with E-state index in [2.05, 4.69) is 26.9 Å². The fourth-order valence-corrected chi connectivity index (χ4v) is 11.4. The Morgan fingerprint density at radius 2 is 1.57 bits per heavy atom. The lowest BCUT2D eigenvalue weighted by Gasteiger charge is -2.09. The molecular weight excluding hydrogens is 759 g/mol. The number of rotatable bonds is 5. The lowest BCUT2D eigenvalue weighted by molar-refractivity contribution is -0.119. The molecule has 0 aliphatic carbocycles. The second-order valence-corrected chi connectivity index (χ2v) is 16.4. The zero-order valence-corrected chi connectivity index (χ0v) is 31.0. The molecule has 1 aliphatic heterocycles. The van der Waals surface area contributed by atoms with E-state index in [0.29, 0.717) is 38.1 Å². The number of hydrogen-bond acceptors (Lipinski definition) is 14. The third kappa shape index (κ3) is 4.78. The highest BCUT2D eigenvalue weighted by Crippen LogP contribution is 2.48. The number of fused-ring (bicyclic) bond motifs is 10. The molecule has 0 bridgehead atoms. The van der Waals surface area contributed by atoms with Crippen LogP contribution in [0, 0.1) is 0 Å². The molecule has 5 aromatic heterocycles. The zero-order valence-electron chi connectivity index (χ0n) is 26.1. The van der Waals surface area contributed by atoms with Crippen molar-refractivity contribution in [3.8, 4) is 10.4 Å². The van der Waals surface area contributed by atoms with Gasteiger partial charge in [0.15, 0.2) is 5.04 Å². The van der Waals surface area contributed by atoms with Crippen LogP contribution in [0.4, 0.5) is 10.5 Å². The number of aliphatic imine (C=N–C) groups is 1. The molecule has 10 rings (SSSR count). The number of thiophene rings is 2. The minimum atomic E-state index is -0.433. The summed E-state index contributed by atoms with van der Waals surface area (Å²) in [7, 11) is 0. The van der Waals surface area contributed by atoms with Crippen LogP contribution in [-0.4, -0.2) is 54.9 Å². The van der Waals surface area contributed by atoms with Gasteiger partial charge < -0.3 is 4.74 Å². The number of thiocarbonyl (C=S) groups is 1. The Balaban J connectivity index is 1.15. The lowest BCUT2D eigenvalue weighted by atomic mass is 10.0. The zero-order chi connectivity index (χ0) is 34.4. The number of carbonyl (C=O) groups is 2. The number of benzene rings is 4.